The lowest BCUT2D eigenvalue weighted by Crippen LogP contribution is -2.49. The SMILES string of the molecule is Cc1cc(C)cc(Nc2nncc(N3CCN(C(=O)c4ccco4)CC3)n2)c1. The quantitative estimate of drug-likeness (QED) is 0.747. The summed E-state index contributed by atoms with van der Waals surface area (Å²) in [6.07, 6.45) is 3.16. The lowest BCUT2D eigenvalue weighted by Gasteiger charge is -2.34. The summed E-state index contributed by atoms with van der Waals surface area (Å²) in [7, 11) is 0. The third-order valence-electron chi connectivity index (χ3n) is 4.65. The highest BCUT2D eigenvalue weighted by atomic mass is 16.3. The van der Waals surface area contributed by atoms with E-state index in [1.54, 1.807) is 23.2 Å². The van der Waals surface area contributed by atoms with Gasteiger partial charge in [-0.05, 0) is 49.2 Å². The normalized spacial score (nSPS) is 14.2. The van der Waals surface area contributed by atoms with Crippen LogP contribution in [0.3, 0.4) is 0 Å². The van der Waals surface area contributed by atoms with Crippen LogP contribution in [0.25, 0.3) is 0 Å². The van der Waals surface area contributed by atoms with Gasteiger partial charge in [0.1, 0.15) is 0 Å². The number of piperazine rings is 1. The molecule has 1 aliphatic rings. The number of nitrogens with one attached hydrogen (secondary N) is 1. The third kappa shape index (κ3) is 3.95. The number of carbonyl (C=O) groups excluding carboxylic acids is 1. The summed E-state index contributed by atoms with van der Waals surface area (Å²) < 4.78 is 5.21. The largest absolute Gasteiger partial charge is 0.459 e. The molecule has 3 aromatic rings. The van der Waals surface area contributed by atoms with Crippen molar-refractivity contribution >= 4 is 23.4 Å². The second kappa shape index (κ2) is 7.67. The van der Waals surface area contributed by atoms with Crippen molar-refractivity contribution in [3.05, 3.63) is 59.7 Å². The van der Waals surface area contributed by atoms with Crippen LogP contribution >= 0.6 is 0 Å². The van der Waals surface area contributed by atoms with Crippen molar-refractivity contribution in [1.29, 1.82) is 0 Å². The summed E-state index contributed by atoms with van der Waals surface area (Å²) in [6.45, 7) is 6.66. The molecule has 4 rings (SSSR count). The number of amides is 1. The van der Waals surface area contributed by atoms with E-state index in [4.69, 9.17) is 4.42 Å². The van der Waals surface area contributed by atoms with Crippen molar-refractivity contribution in [2.45, 2.75) is 13.8 Å². The van der Waals surface area contributed by atoms with E-state index < -0.39 is 0 Å². The first-order valence-corrected chi connectivity index (χ1v) is 9.21. The van der Waals surface area contributed by atoms with Crippen LogP contribution in [-0.4, -0.2) is 52.2 Å². The molecule has 0 atom stereocenters. The fourth-order valence-electron chi connectivity index (χ4n) is 3.37. The summed E-state index contributed by atoms with van der Waals surface area (Å²) in [5.41, 5.74) is 3.28. The van der Waals surface area contributed by atoms with Crippen LogP contribution < -0.4 is 10.2 Å². The molecule has 0 unspecified atom stereocenters. The zero-order valence-corrected chi connectivity index (χ0v) is 15.9. The molecule has 0 bridgehead atoms. The number of aromatic nitrogens is 3. The van der Waals surface area contributed by atoms with Gasteiger partial charge in [-0.2, -0.15) is 10.1 Å². The zero-order chi connectivity index (χ0) is 19.5. The van der Waals surface area contributed by atoms with Crippen LogP contribution in [0.1, 0.15) is 21.7 Å². The van der Waals surface area contributed by atoms with E-state index in [1.807, 2.05) is 12.1 Å². The van der Waals surface area contributed by atoms with Gasteiger partial charge in [0.2, 0.25) is 5.95 Å². The predicted octanol–water partition coefficient (Wildman–Crippen LogP) is 2.79. The van der Waals surface area contributed by atoms with Crippen molar-refractivity contribution in [3.8, 4) is 0 Å². The molecule has 0 spiro atoms. The molecule has 1 aliphatic heterocycles. The predicted molar refractivity (Wildman–Crippen MR) is 106 cm³/mol. The van der Waals surface area contributed by atoms with Gasteiger partial charge in [-0.3, -0.25) is 4.79 Å². The standard InChI is InChI=1S/C20H22N6O2/c1-14-10-15(2)12-16(11-14)22-20-23-18(13-21-24-20)25-5-7-26(8-6-25)19(27)17-4-3-9-28-17/h3-4,9-13H,5-8H2,1-2H3,(H,22,23,24). The van der Waals surface area contributed by atoms with E-state index in [-0.39, 0.29) is 5.91 Å². The number of furan rings is 1. The molecular weight excluding hydrogens is 356 g/mol. The van der Waals surface area contributed by atoms with Crippen molar-refractivity contribution < 1.29 is 9.21 Å². The van der Waals surface area contributed by atoms with Gasteiger partial charge >= 0.3 is 0 Å². The molecule has 2 aromatic heterocycles. The molecule has 8 heteroatoms. The molecule has 1 aromatic carbocycles. The van der Waals surface area contributed by atoms with E-state index in [2.05, 4.69) is 45.3 Å². The maximum Gasteiger partial charge on any atom is 0.289 e. The van der Waals surface area contributed by atoms with E-state index in [0.29, 0.717) is 37.9 Å². The van der Waals surface area contributed by atoms with Crippen molar-refractivity contribution in [2.24, 2.45) is 0 Å². The molecule has 144 valence electrons. The van der Waals surface area contributed by atoms with Crippen molar-refractivity contribution in [3.63, 3.8) is 0 Å². The average molecular weight is 378 g/mol. The first-order chi connectivity index (χ1) is 13.6. The van der Waals surface area contributed by atoms with Gasteiger partial charge in [-0.25, -0.2) is 0 Å². The summed E-state index contributed by atoms with van der Waals surface area (Å²) >= 11 is 0. The Bertz CT molecular complexity index is 944. The van der Waals surface area contributed by atoms with Gasteiger partial charge in [-0.1, -0.05) is 6.07 Å². The number of rotatable bonds is 4. The highest BCUT2D eigenvalue weighted by Crippen LogP contribution is 2.19. The Labute approximate surface area is 163 Å². The lowest BCUT2D eigenvalue weighted by atomic mass is 10.1. The van der Waals surface area contributed by atoms with Crippen LogP contribution in [0.5, 0.6) is 0 Å². The molecule has 1 amide bonds. The van der Waals surface area contributed by atoms with E-state index in [0.717, 1.165) is 11.5 Å². The van der Waals surface area contributed by atoms with E-state index in [1.165, 1.54) is 17.4 Å². The topological polar surface area (TPSA) is 87.4 Å². The summed E-state index contributed by atoms with van der Waals surface area (Å²) in [4.78, 5) is 20.9. The minimum Gasteiger partial charge on any atom is -0.459 e. The Morgan fingerprint density at radius 2 is 1.86 bits per heavy atom. The fourth-order valence-corrected chi connectivity index (χ4v) is 3.37. The molecule has 0 radical (unpaired) electrons. The highest BCUT2D eigenvalue weighted by molar-refractivity contribution is 5.91. The van der Waals surface area contributed by atoms with Crippen LogP contribution in [0.2, 0.25) is 0 Å². The Kier molecular flexibility index (Phi) is 4.92. The summed E-state index contributed by atoms with van der Waals surface area (Å²) in [5.74, 6) is 1.49. The maximum absolute atomic E-state index is 12.4. The van der Waals surface area contributed by atoms with E-state index in [9.17, 15) is 4.79 Å². The number of nitrogens with zero attached hydrogens (tertiary/aromatic N) is 5. The number of hydrogen-bond acceptors (Lipinski definition) is 7. The lowest BCUT2D eigenvalue weighted by molar-refractivity contribution is 0.0714. The average Bonchev–Trinajstić information content (AvgIpc) is 3.22. The molecule has 1 N–H and O–H groups in total. The number of aryl methyl sites for hydroxylation is 2. The minimum absolute atomic E-state index is 0.0809. The molecule has 8 nitrogen and oxygen atoms in total. The van der Waals surface area contributed by atoms with Gasteiger partial charge in [0, 0.05) is 31.9 Å². The second-order valence-corrected chi connectivity index (χ2v) is 6.90. The Morgan fingerprint density at radius 3 is 2.54 bits per heavy atom. The first kappa shape index (κ1) is 18.0. The zero-order valence-electron chi connectivity index (χ0n) is 15.9. The van der Waals surface area contributed by atoms with Gasteiger partial charge in [0.05, 0.1) is 12.5 Å². The number of carbonyl (C=O) groups is 1. The van der Waals surface area contributed by atoms with Gasteiger partial charge in [-0.15, -0.1) is 5.10 Å². The van der Waals surface area contributed by atoms with Gasteiger partial charge < -0.3 is 19.5 Å². The van der Waals surface area contributed by atoms with E-state index >= 15 is 0 Å². The molecule has 0 saturated carbocycles. The smallest absolute Gasteiger partial charge is 0.289 e. The molecule has 1 fully saturated rings. The maximum atomic E-state index is 12.4. The van der Waals surface area contributed by atoms with Gasteiger partial charge in [0.25, 0.3) is 5.91 Å². The van der Waals surface area contributed by atoms with Gasteiger partial charge in [0.15, 0.2) is 11.6 Å². The third-order valence-corrected chi connectivity index (χ3v) is 4.65. The van der Waals surface area contributed by atoms with Crippen LogP contribution in [0, 0.1) is 13.8 Å². The Balaban J connectivity index is 1.42. The monoisotopic (exact) mass is 378 g/mol. The molecule has 1 saturated heterocycles. The molecule has 3 heterocycles. The molecular formula is C20H22N6O2. The summed E-state index contributed by atoms with van der Waals surface area (Å²) in [5, 5.41) is 11.4. The Morgan fingerprint density at radius 1 is 1.11 bits per heavy atom. The molecule has 0 aliphatic carbocycles. The van der Waals surface area contributed by atoms with Crippen LogP contribution in [0.15, 0.2) is 47.2 Å². The first-order valence-electron chi connectivity index (χ1n) is 9.21. The summed E-state index contributed by atoms with van der Waals surface area (Å²) in [6, 6.07) is 9.61. The number of benzene rings is 1. The Hall–Kier alpha value is -3.42. The van der Waals surface area contributed by atoms with Crippen molar-refractivity contribution in [2.75, 3.05) is 36.4 Å². The van der Waals surface area contributed by atoms with Crippen LogP contribution in [0.4, 0.5) is 17.5 Å². The number of anilines is 3. The second-order valence-electron chi connectivity index (χ2n) is 6.90. The highest BCUT2D eigenvalue weighted by Gasteiger charge is 2.24. The van der Waals surface area contributed by atoms with Crippen molar-refractivity contribution in [1.82, 2.24) is 20.1 Å². The minimum atomic E-state index is -0.0809. The molecule has 28 heavy (non-hydrogen) atoms. The van der Waals surface area contributed by atoms with Crippen LogP contribution in [-0.2, 0) is 0 Å². The fraction of sp³-hybridized carbons (Fsp3) is 0.300. The number of hydrogen-bond donors (Lipinski definition) is 1.